The lowest BCUT2D eigenvalue weighted by atomic mass is 10.1. The Morgan fingerprint density at radius 3 is 2.83 bits per heavy atom. The lowest BCUT2D eigenvalue weighted by Gasteiger charge is -2.15. The molecule has 18 heavy (non-hydrogen) atoms. The number of rotatable bonds is 5. The van der Waals surface area contributed by atoms with Crippen molar-refractivity contribution in [3.63, 3.8) is 0 Å². The Balaban J connectivity index is 2.17. The Labute approximate surface area is 106 Å². The number of aromatic nitrogens is 1. The summed E-state index contributed by atoms with van der Waals surface area (Å²) in [5.41, 5.74) is 0.910. The Hall–Kier alpha value is -2.10. The summed E-state index contributed by atoms with van der Waals surface area (Å²) in [7, 11) is 0. The first-order chi connectivity index (χ1) is 8.69. The maximum atomic E-state index is 10.7. The molecule has 0 saturated heterocycles. The molecule has 0 bridgehead atoms. The Kier molecular flexibility index (Phi) is 3.77. The van der Waals surface area contributed by atoms with Gasteiger partial charge in [-0.25, -0.2) is 4.98 Å². The largest absolute Gasteiger partial charge is 0.481 e. The van der Waals surface area contributed by atoms with Gasteiger partial charge in [0.25, 0.3) is 0 Å². The standard InChI is InChI=1S/C14H16N2O2/c1-2-11(9-14(17)18)15-13-8-7-10-5-3-4-6-12(10)16-13/h3-8,11H,2,9H2,1H3,(H,15,16)(H,17,18). The quantitative estimate of drug-likeness (QED) is 0.849. The average molecular weight is 244 g/mol. The van der Waals surface area contributed by atoms with E-state index >= 15 is 0 Å². The van der Waals surface area contributed by atoms with Crippen LogP contribution in [0.2, 0.25) is 0 Å². The third-order valence-corrected chi connectivity index (χ3v) is 2.86. The van der Waals surface area contributed by atoms with Gasteiger partial charge >= 0.3 is 5.97 Å². The van der Waals surface area contributed by atoms with Gasteiger partial charge in [0.15, 0.2) is 0 Å². The van der Waals surface area contributed by atoms with Gasteiger partial charge < -0.3 is 10.4 Å². The summed E-state index contributed by atoms with van der Waals surface area (Å²) in [5.74, 6) is -0.0723. The van der Waals surface area contributed by atoms with Crippen molar-refractivity contribution in [2.45, 2.75) is 25.8 Å². The second-order valence-electron chi connectivity index (χ2n) is 4.24. The normalized spacial score (nSPS) is 12.3. The average Bonchev–Trinajstić information content (AvgIpc) is 2.37. The molecule has 4 heteroatoms. The van der Waals surface area contributed by atoms with E-state index < -0.39 is 5.97 Å². The molecule has 94 valence electrons. The van der Waals surface area contributed by atoms with Crippen LogP contribution >= 0.6 is 0 Å². The molecule has 4 nitrogen and oxygen atoms in total. The number of nitrogens with one attached hydrogen (secondary N) is 1. The Morgan fingerprint density at radius 1 is 1.33 bits per heavy atom. The van der Waals surface area contributed by atoms with Gasteiger partial charge in [0, 0.05) is 11.4 Å². The van der Waals surface area contributed by atoms with Crippen LogP contribution in [0.4, 0.5) is 5.82 Å². The first-order valence-electron chi connectivity index (χ1n) is 6.03. The molecule has 0 aliphatic heterocycles. The van der Waals surface area contributed by atoms with Crippen molar-refractivity contribution in [1.82, 2.24) is 4.98 Å². The van der Waals surface area contributed by atoms with E-state index in [0.717, 1.165) is 23.1 Å². The van der Waals surface area contributed by atoms with Gasteiger partial charge in [-0.05, 0) is 24.6 Å². The number of fused-ring (bicyclic) bond motifs is 1. The van der Waals surface area contributed by atoms with Crippen molar-refractivity contribution in [1.29, 1.82) is 0 Å². The molecule has 1 aromatic carbocycles. The number of carboxylic acid groups (broad SMARTS) is 1. The number of hydrogen-bond acceptors (Lipinski definition) is 3. The van der Waals surface area contributed by atoms with Crippen molar-refractivity contribution in [2.24, 2.45) is 0 Å². The predicted molar refractivity (Wildman–Crippen MR) is 71.7 cm³/mol. The van der Waals surface area contributed by atoms with E-state index in [1.54, 1.807) is 0 Å². The lowest BCUT2D eigenvalue weighted by Crippen LogP contribution is -2.22. The molecule has 0 radical (unpaired) electrons. The van der Waals surface area contributed by atoms with Crippen molar-refractivity contribution in [2.75, 3.05) is 5.32 Å². The van der Waals surface area contributed by atoms with Crippen LogP contribution in [-0.4, -0.2) is 22.1 Å². The van der Waals surface area contributed by atoms with Crippen LogP contribution in [0.25, 0.3) is 10.9 Å². The van der Waals surface area contributed by atoms with Crippen LogP contribution in [0.5, 0.6) is 0 Å². The molecular weight excluding hydrogens is 228 g/mol. The van der Waals surface area contributed by atoms with Crippen LogP contribution < -0.4 is 5.32 Å². The zero-order valence-corrected chi connectivity index (χ0v) is 10.3. The van der Waals surface area contributed by atoms with Crippen LogP contribution in [0.3, 0.4) is 0 Å². The highest BCUT2D eigenvalue weighted by molar-refractivity contribution is 5.80. The summed E-state index contributed by atoms with van der Waals surface area (Å²) in [6.45, 7) is 1.96. The van der Waals surface area contributed by atoms with E-state index in [2.05, 4.69) is 10.3 Å². The summed E-state index contributed by atoms with van der Waals surface area (Å²) < 4.78 is 0. The fourth-order valence-electron chi connectivity index (χ4n) is 1.86. The lowest BCUT2D eigenvalue weighted by molar-refractivity contribution is -0.137. The molecule has 0 aliphatic rings. The summed E-state index contributed by atoms with van der Waals surface area (Å²) in [4.78, 5) is 15.2. The van der Waals surface area contributed by atoms with Crippen molar-refractivity contribution in [3.05, 3.63) is 36.4 Å². The molecule has 1 aromatic heterocycles. The molecular formula is C14H16N2O2. The molecule has 0 saturated carbocycles. The third kappa shape index (κ3) is 2.97. The SMILES string of the molecule is CCC(CC(=O)O)Nc1ccc2ccccc2n1. The van der Waals surface area contributed by atoms with Gasteiger partial charge in [-0.2, -0.15) is 0 Å². The van der Waals surface area contributed by atoms with Gasteiger partial charge in [-0.15, -0.1) is 0 Å². The molecule has 0 amide bonds. The molecule has 0 aliphatic carbocycles. The summed E-state index contributed by atoms with van der Waals surface area (Å²) in [5, 5.41) is 13.0. The van der Waals surface area contributed by atoms with Crippen LogP contribution in [0, 0.1) is 0 Å². The highest BCUT2D eigenvalue weighted by Gasteiger charge is 2.11. The van der Waals surface area contributed by atoms with Crippen LogP contribution in [0.1, 0.15) is 19.8 Å². The van der Waals surface area contributed by atoms with E-state index in [1.165, 1.54) is 0 Å². The molecule has 0 fully saturated rings. The van der Waals surface area contributed by atoms with Gasteiger partial charge in [-0.3, -0.25) is 4.79 Å². The highest BCUT2D eigenvalue weighted by atomic mass is 16.4. The van der Waals surface area contributed by atoms with Crippen molar-refractivity contribution >= 4 is 22.7 Å². The van der Waals surface area contributed by atoms with Crippen molar-refractivity contribution in [3.8, 4) is 0 Å². The first-order valence-corrected chi connectivity index (χ1v) is 6.03. The monoisotopic (exact) mass is 244 g/mol. The fourth-order valence-corrected chi connectivity index (χ4v) is 1.86. The predicted octanol–water partition coefficient (Wildman–Crippen LogP) is 2.90. The maximum Gasteiger partial charge on any atom is 0.305 e. The number of benzene rings is 1. The molecule has 1 unspecified atom stereocenters. The minimum absolute atomic E-state index is 0.0869. The van der Waals surface area contributed by atoms with Gasteiger partial charge in [0.05, 0.1) is 11.9 Å². The van der Waals surface area contributed by atoms with Crippen LogP contribution in [0.15, 0.2) is 36.4 Å². The number of carboxylic acids is 1. The first kappa shape index (κ1) is 12.4. The summed E-state index contributed by atoms with van der Waals surface area (Å²) >= 11 is 0. The molecule has 2 aromatic rings. The highest BCUT2D eigenvalue weighted by Crippen LogP contribution is 2.16. The topological polar surface area (TPSA) is 62.2 Å². The zero-order valence-electron chi connectivity index (χ0n) is 10.3. The van der Waals surface area contributed by atoms with Gasteiger partial charge in [0.1, 0.15) is 5.82 Å². The molecule has 1 heterocycles. The Morgan fingerprint density at radius 2 is 2.11 bits per heavy atom. The minimum Gasteiger partial charge on any atom is -0.481 e. The van der Waals surface area contributed by atoms with Crippen LogP contribution in [-0.2, 0) is 4.79 Å². The molecule has 2 rings (SSSR count). The molecule has 0 spiro atoms. The second kappa shape index (κ2) is 5.49. The molecule has 2 N–H and O–H groups in total. The zero-order chi connectivity index (χ0) is 13.0. The second-order valence-corrected chi connectivity index (χ2v) is 4.24. The van der Waals surface area contributed by atoms with E-state index in [9.17, 15) is 4.79 Å². The minimum atomic E-state index is -0.796. The van der Waals surface area contributed by atoms with Gasteiger partial charge in [0.2, 0.25) is 0 Å². The van der Waals surface area contributed by atoms with E-state index in [0.29, 0.717) is 0 Å². The third-order valence-electron chi connectivity index (χ3n) is 2.86. The number of anilines is 1. The number of pyridine rings is 1. The number of hydrogen-bond donors (Lipinski definition) is 2. The van der Waals surface area contributed by atoms with E-state index in [1.807, 2.05) is 43.3 Å². The number of nitrogens with zero attached hydrogens (tertiary/aromatic N) is 1. The maximum absolute atomic E-state index is 10.7. The van der Waals surface area contributed by atoms with E-state index in [-0.39, 0.29) is 12.5 Å². The number of aliphatic carboxylic acids is 1. The number of para-hydroxylation sites is 1. The Bertz CT molecular complexity index is 554. The van der Waals surface area contributed by atoms with Gasteiger partial charge in [-0.1, -0.05) is 25.1 Å². The van der Waals surface area contributed by atoms with E-state index in [4.69, 9.17) is 5.11 Å². The fraction of sp³-hybridized carbons (Fsp3) is 0.286. The van der Waals surface area contributed by atoms with Crippen molar-refractivity contribution < 1.29 is 9.90 Å². The molecule has 1 atom stereocenters. The number of carbonyl (C=O) groups is 1. The summed E-state index contributed by atoms with van der Waals surface area (Å²) in [6.07, 6.45) is 0.853. The smallest absolute Gasteiger partial charge is 0.305 e. The summed E-state index contributed by atoms with van der Waals surface area (Å²) in [6, 6.07) is 11.6.